The van der Waals surface area contributed by atoms with Crippen molar-refractivity contribution in [2.24, 2.45) is 5.10 Å². The first kappa shape index (κ1) is 14.9. The van der Waals surface area contributed by atoms with Crippen LogP contribution >= 0.6 is 11.3 Å². The van der Waals surface area contributed by atoms with Crippen LogP contribution in [0.25, 0.3) is 0 Å². The van der Waals surface area contributed by atoms with E-state index in [9.17, 15) is 14.0 Å². The van der Waals surface area contributed by atoms with Crippen LogP contribution in [-0.4, -0.2) is 22.7 Å². The van der Waals surface area contributed by atoms with Crippen LogP contribution in [0.5, 0.6) is 0 Å². The summed E-state index contributed by atoms with van der Waals surface area (Å²) in [7, 11) is 0. The molecule has 1 heterocycles. The predicted octanol–water partition coefficient (Wildman–Crippen LogP) is 2.74. The number of carboxylic acid groups (broad SMARTS) is 1. The summed E-state index contributed by atoms with van der Waals surface area (Å²) in [5.41, 5.74) is 3.11. The molecule has 0 fully saturated rings. The molecule has 0 aliphatic heterocycles. The normalized spacial score (nSPS) is 11.2. The Labute approximate surface area is 123 Å². The molecule has 1 aromatic heterocycles. The molecule has 2 aromatic rings. The van der Waals surface area contributed by atoms with E-state index < -0.39 is 17.7 Å². The standard InChI is InChI=1S/C14H11FN2O3S/c1-8(11-6-7-12(21-11)14(19)20)16-17-13(18)9-2-4-10(15)5-3-9/h2-7H,1H3,(H,17,18)(H,19,20)/b16-8-. The van der Waals surface area contributed by atoms with Crippen LogP contribution in [0, 0.1) is 5.82 Å². The van der Waals surface area contributed by atoms with Crippen LogP contribution in [0.3, 0.4) is 0 Å². The second kappa shape index (κ2) is 6.27. The topological polar surface area (TPSA) is 78.8 Å². The minimum atomic E-state index is -1.01. The third kappa shape index (κ3) is 3.73. The largest absolute Gasteiger partial charge is 0.477 e. The van der Waals surface area contributed by atoms with Crippen LogP contribution in [0.2, 0.25) is 0 Å². The maximum atomic E-state index is 12.7. The summed E-state index contributed by atoms with van der Waals surface area (Å²) in [6.45, 7) is 1.66. The molecule has 0 atom stereocenters. The molecule has 0 aliphatic carbocycles. The number of thiophene rings is 1. The maximum absolute atomic E-state index is 12.7. The highest BCUT2D eigenvalue weighted by molar-refractivity contribution is 7.15. The fourth-order valence-corrected chi connectivity index (χ4v) is 2.29. The first-order valence-electron chi connectivity index (χ1n) is 5.91. The molecule has 5 nitrogen and oxygen atoms in total. The Morgan fingerprint density at radius 3 is 2.33 bits per heavy atom. The second-order valence-electron chi connectivity index (χ2n) is 4.11. The number of nitrogens with zero attached hydrogens (tertiary/aromatic N) is 1. The number of carboxylic acids is 1. The Kier molecular flexibility index (Phi) is 4.44. The van der Waals surface area contributed by atoms with Gasteiger partial charge in [0.15, 0.2) is 0 Å². The van der Waals surface area contributed by atoms with Gasteiger partial charge in [0.1, 0.15) is 10.7 Å². The van der Waals surface area contributed by atoms with Crippen LogP contribution in [0.15, 0.2) is 41.5 Å². The molecular weight excluding hydrogens is 295 g/mol. The quantitative estimate of drug-likeness (QED) is 0.673. The molecule has 2 N–H and O–H groups in total. The lowest BCUT2D eigenvalue weighted by Gasteiger charge is -2.01. The maximum Gasteiger partial charge on any atom is 0.345 e. The summed E-state index contributed by atoms with van der Waals surface area (Å²) < 4.78 is 12.7. The summed E-state index contributed by atoms with van der Waals surface area (Å²) in [4.78, 5) is 23.4. The number of amides is 1. The highest BCUT2D eigenvalue weighted by atomic mass is 32.1. The number of carbonyl (C=O) groups is 2. The predicted molar refractivity (Wildman–Crippen MR) is 77.4 cm³/mol. The molecule has 0 radical (unpaired) electrons. The van der Waals surface area contributed by atoms with Gasteiger partial charge >= 0.3 is 5.97 Å². The number of hydrogen-bond donors (Lipinski definition) is 2. The van der Waals surface area contributed by atoms with Crippen molar-refractivity contribution in [3.8, 4) is 0 Å². The molecule has 0 bridgehead atoms. The zero-order valence-corrected chi connectivity index (χ0v) is 11.8. The molecule has 1 amide bonds. The molecule has 0 aliphatic rings. The molecule has 0 unspecified atom stereocenters. The Morgan fingerprint density at radius 1 is 1.14 bits per heavy atom. The van der Waals surface area contributed by atoms with Crippen molar-refractivity contribution in [3.63, 3.8) is 0 Å². The number of hydrogen-bond acceptors (Lipinski definition) is 4. The third-order valence-electron chi connectivity index (χ3n) is 2.60. The minimum absolute atomic E-state index is 0.199. The Hall–Kier alpha value is -2.54. The average molecular weight is 306 g/mol. The first-order chi connectivity index (χ1) is 9.97. The van der Waals surface area contributed by atoms with Crippen molar-refractivity contribution in [1.29, 1.82) is 0 Å². The smallest absolute Gasteiger partial charge is 0.345 e. The number of nitrogens with one attached hydrogen (secondary N) is 1. The number of benzene rings is 1. The molecule has 1 aromatic carbocycles. The zero-order valence-electron chi connectivity index (χ0n) is 11.0. The number of halogens is 1. The average Bonchev–Trinajstić information content (AvgIpc) is 2.95. The molecule has 108 valence electrons. The van der Waals surface area contributed by atoms with Gasteiger partial charge in [0.2, 0.25) is 0 Å². The molecule has 0 saturated carbocycles. The van der Waals surface area contributed by atoms with Gasteiger partial charge in [-0.15, -0.1) is 11.3 Å². The van der Waals surface area contributed by atoms with E-state index in [1.165, 1.54) is 30.3 Å². The van der Waals surface area contributed by atoms with Crippen molar-refractivity contribution in [1.82, 2.24) is 5.43 Å². The van der Waals surface area contributed by atoms with Crippen LogP contribution in [0.1, 0.15) is 31.8 Å². The summed E-state index contributed by atoms with van der Waals surface area (Å²) in [6.07, 6.45) is 0. The highest BCUT2D eigenvalue weighted by Crippen LogP contribution is 2.17. The molecule has 0 saturated heterocycles. The van der Waals surface area contributed by atoms with Gasteiger partial charge in [0.05, 0.1) is 10.6 Å². The van der Waals surface area contributed by atoms with Crippen molar-refractivity contribution in [2.75, 3.05) is 0 Å². The van der Waals surface area contributed by atoms with E-state index in [4.69, 9.17) is 5.11 Å². The molecule has 7 heteroatoms. The Bertz CT molecular complexity index is 707. The first-order valence-corrected chi connectivity index (χ1v) is 6.72. The molecule has 21 heavy (non-hydrogen) atoms. The summed E-state index contributed by atoms with van der Waals surface area (Å²) in [5, 5.41) is 12.7. The van der Waals surface area contributed by atoms with Crippen LogP contribution < -0.4 is 5.43 Å². The molecule has 0 spiro atoms. The van der Waals surface area contributed by atoms with Gasteiger partial charge in [-0.2, -0.15) is 5.10 Å². The van der Waals surface area contributed by atoms with E-state index >= 15 is 0 Å². The zero-order chi connectivity index (χ0) is 15.4. The lowest BCUT2D eigenvalue weighted by atomic mass is 10.2. The summed E-state index contributed by atoms with van der Waals surface area (Å²) >= 11 is 1.07. The summed E-state index contributed by atoms with van der Waals surface area (Å²) in [6, 6.07) is 8.17. The van der Waals surface area contributed by atoms with E-state index in [0.717, 1.165) is 11.3 Å². The lowest BCUT2D eigenvalue weighted by molar-refractivity contribution is 0.0702. The van der Waals surface area contributed by atoms with E-state index in [-0.39, 0.29) is 10.4 Å². The van der Waals surface area contributed by atoms with Gasteiger partial charge in [-0.05, 0) is 43.3 Å². The van der Waals surface area contributed by atoms with E-state index in [1.807, 2.05) is 0 Å². The highest BCUT2D eigenvalue weighted by Gasteiger charge is 2.09. The lowest BCUT2D eigenvalue weighted by Crippen LogP contribution is -2.19. The van der Waals surface area contributed by atoms with Crippen LogP contribution in [-0.2, 0) is 0 Å². The monoisotopic (exact) mass is 306 g/mol. The molecule has 2 rings (SSSR count). The van der Waals surface area contributed by atoms with Crippen molar-refractivity contribution in [3.05, 3.63) is 57.5 Å². The fraction of sp³-hybridized carbons (Fsp3) is 0.0714. The fourth-order valence-electron chi connectivity index (χ4n) is 1.50. The third-order valence-corrected chi connectivity index (χ3v) is 3.79. The number of aromatic carboxylic acids is 1. The molecular formula is C14H11FN2O3S. The minimum Gasteiger partial charge on any atom is -0.477 e. The Balaban J connectivity index is 2.07. The number of carbonyl (C=O) groups excluding carboxylic acids is 1. The van der Waals surface area contributed by atoms with Crippen molar-refractivity contribution >= 4 is 28.9 Å². The van der Waals surface area contributed by atoms with Gasteiger partial charge < -0.3 is 5.11 Å². The van der Waals surface area contributed by atoms with Gasteiger partial charge in [0, 0.05) is 5.56 Å². The Morgan fingerprint density at radius 2 is 1.76 bits per heavy atom. The van der Waals surface area contributed by atoms with Crippen molar-refractivity contribution < 1.29 is 19.1 Å². The number of hydrazone groups is 1. The van der Waals surface area contributed by atoms with Gasteiger partial charge in [-0.25, -0.2) is 14.6 Å². The summed E-state index contributed by atoms with van der Waals surface area (Å²) in [5.74, 6) is -1.90. The van der Waals surface area contributed by atoms with Gasteiger partial charge in [0.25, 0.3) is 5.91 Å². The van der Waals surface area contributed by atoms with Gasteiger partial charge in [-0.1, -0.05) is 0 Å². The van der Waals surface area contributed by atoms with Crippen LogP contribution in [0.4, 0.5) is 4.39 Å². The van der Waals surface area contributed by atoms with E-state index in [2.05, 4.69) is 10.5 Å². The second-order valence-corrected chi connectivity index (χ2v) is 5.20. The van der Waals surface area contributed by atoms with Crippen molar-refractivity contribution in [2.45, 2.75) is 6.92 Å². The number of rotatable bonds is 4. The SMILES string of the molecule is C/C(=N/NC(=O)c1ccc(F)cc1)c1ccc(C(=O)O)s1. The van der Waals surface area contributed by atoms with E-state index in [1.54, 1.807) is 13.0 Å². The van der Waals surface area contributed by atoms with E-state index in [0.29, 0.717) is 10.6 Å². The van der Waals surface area contributed by atoms with Gasteiger partial charge in [-0.3, -0.25) is 4.79 Å².